The van der Waals surface area contributed by atoms with Crippen LogP contribution in [-0.4, -0.2) is 0 Å². The van der Waals surface area contributed by atoms with Crippen LogP contribution in [0.4, 0.5) is 0 Å². The maximum atomic E-state index is 3.66. The van der Waals surface area contributed by atoms with E-state index in [0.29, 0.717) is 0 Å². The first-order chi connectivity index (χ1) is 16.4. The van der Waals surface area contributed by atoms with Gasteiger partial charge < -0.3 is 0 Å². The molecule has 0 aliphatic carbocycles. The van der Waals surface area contributed by atoms with Crippen LogP contribution in [0.25, 0.3) is 17.2 Å². The van der Waals surface area contributed by atoms with Crippen molar-refractivity contribution in [2.45, 2.75) is 0 Å². The standard InChI is InChI=1S/C28H21.C5H5.Zr/c1-5-13-23(14-6-1)21-27(25-17-9-3-10-18-25)28(26-19-11-4-12-20-26)22-24-15-7-2-8-16-24;1-2-4-5-3-1;/h1-21H;1-5H;/q2*-1;+2. The molecule has 0 aliphatic rings. The molecule has 162 valence electrons. The molecule has 0 amide bonds. The van der Waals surface area contributed by atoms with E-state index in [2.05, 4.69) is 103 Å². The Kier molecular flexibility index (Phi) is 10.4. The second-order valence-corrected chi connectivity index (χ2v) is 7.53. The first-order valence-electron chi connectivity index (χ1n) is 11.1. The number of rotatable bonds is 5. The maximum Gasteiger partial charge on any atom is 2.00 e. The molecule has 0 heterocycles. The molecule has 0 saturated carbocycles. The first kappa shape index (κ1) is 25.2. The predicted molar refractivity (Wildman–Crippen MR) is 141 cm³/mol. The molecule has 0 aliphatic heterocycles. The molecule has 0 saturated heterocycles. The van der Waals surface area contributed by atoms with Crippen molar-refractivity contribution < 1.29 is 26.2 Å². The average Bonchev–Trinajstić information content (AvgIpc) is 3.49. The topological polar surface area (TPSA) is 0 Å². The molecule has 0 bridgehead atoms. The summed E-state index contributed by atoms with van der Waals surface area (Å²) in [6, 6.07) is 51.8. The van der Waals surface area contributed by atoms with E-state index >= 15 is 0 Å². The van der Waals surface area contributed by atoms with Gasteiger partial charge in [-0.1, -0.05) is 132 Å². The number of hydrogen-bond donors (Lipinski definition) is 0. The molecular formula is C33H26Zr. The summed E-state index contributed by atoms with van der Waals surface area (Å²) in [5.74, 6) is 0. The zero-order chi connectivity index (χ0) is 22.6. The van der Waals surface area contributed by atoms with Crippen LogP contribution >= 0.6 is 0 Å². The van der Waals surface area contributed by atoms with Gasteiger partial charge >= 0.3 is 26.2 Å². The van der Waals surface area contributed by atoms with Crippen molar-refractivity contribution in [1.82, 2.24) is 0 Å². The van der Waals surface area contributed by atoms with Crippen molar-refractivity contribution in [1.29, 1.82) is 0 Å². The molecule has 0 fully saturated rings. The summed E-state index contributed by atoms with van der Waals surface area (Å²) in [5.41, 5.74) is 6.80. The van der Waals surface area contributed by atoms with Crippen molar-refractivity contribution in [2.24, 2.45) is 0 Å². The van der Waals surface area contributed by atoms with Crippen LogP contribution in [0.5, 0.6) is 0 Å². The van der Waals surface area contributed by atoms with Crippen LogP contribution in [0, 0.1) is 6.08 Å². The van der Waals surface area contributed by atoms with Gasteiger partial charge in [0.15, 0.2) is 0 Å². The third-order valence-corrected chi connectivity index (χ3v) is 5.13. The molecule has 5 rings (SSSR count). The quantitative estimate of drug-likeness (QED) is 0.125. The monoisotopic (exact) mass is 512 g/mol. The second-order valence-electron chi connectivity index (χ2n) is 7.53. The minimum absolute atomic E-state index is 0. The van der Waals surface area contributed by atoms with E-state index in [1.54, 1.807) is 0 Å². The van der Waals surface area contributed by atoms with Gasteiger partial charge in [-0.25, -0.2) is 12.1 Å². The van der Waals surface area contributed by atoms with Crippen molar-refractivity contribution in [3.63, 3.8) is 0 Å². The molecule has 0 radical (unpaired) electrons. The van der Waals surface area contributed by atoms with Gasteiger partial charge in [0.05, 0.1) is 0 Å². The summed E-state index contributed by atoms with van der Waals surface area (Å²) in [4.78, 5) is 0. The first-order valence-corrected chi connectivity index (χ1v) is 11.1. The maximum absolute atomic E-state index is 3.66. The van der Waals surface area contributed by atoms with Crippen LogP contribution in [-0.2, 0) is 26.2 Å². The van der Waals surface area contributed by atoms with Crippen molar-refractivity contribution in [2.75, 3.05) is 0 Å². The Bertz CT molecular complexity index is 1140. The average molecular weight is 514 g/mol. The Hall–Kier alpha value is -3.41. The largest absolute Gasteiger partial charge is 2.00 e. The SMILES string of the molecule is [C-](=C(C(=Cc1ccccc1)c1ccccc1)c1ccccc1)c1ccccc1.[Zr+2].c1cc[cH-]c1. The minimum Gasteiger partial charge on any atom is -0.214 e. The summed E-state index contributed by atoms with van der Waals surface area (Å²) in [7, 11) is 0. The Morgan fingerprint density at radius 3 is 1.50 bits per heavy atom. The smallest absolute Gasteiger partial charge is 0.214 e. The van der Waals surface area contributed by atoms with E-state index in [9.17, 15) is 0 Å². The molecule has 0 unspecified atom stereocenters. The number of hydrogen-bond acceptors (Lipinski definition) is 0. The van der Waals surface area contributed by atoms with E-state index < -0.39 is 0 Å². The van der Waals surface area contributed by atoms with Crippen LogP contribution in [0.2, 0.25) is 0 Å². The van der Waals surface area contributed by atoms with Crippen LogP contribution in [0.3, 0.4) is 0 Å². The van der Waals surface area contributed by atoms with E-state index in [-0.39, 0.29) is 26.2 Å². The van der Waals surface area contributed by atoms with Crippen LogP contribution in [0.1, 0.15) is 22.3 Å². The summed E-state index contributed by atoms with van der Waals surface area (Å²) in [5, 5.41) is 0. The fourth-order valence-corrected chi connectivity index (χ4v) is 3.52. The fourth-order valence-electron chi connectivity index (χ4n) is 3.52. The molecule has 34 heavy (non-hydrogen) atoms. The van der Waals surface area contributed by atoms with Gasteiger partial charge in [-0.3, -0.25) is 0 Å². The van der Waals surface area contributed by atoms with Gasteiger partial charge in [-0.15, -0.1) is 29.3 Å². The van der Waals surface area contributed by atoms with E-state index in [1.165, 1.54) is 11.1 Å². The van der Waals surface area contributed by atoms with Gasteiger partial charge in [0.2, 0.25) is 0 Å². The van der Waals surface area contributed by atoms with Gasteiger partial charge in [0.25, 0.3) is 0 Å². The summed E-state index contributed by atoms with van der Waals surface area (Å²) in [6.45, 7) is 0. The number of allylic oxidation sites excluding steroid dienone is 2. The molecule has 5 aromatic carbocycles. The Balaban J connectivity index is 0.000000481. The third-order valence-electron chi connectivity index (χ3n) is 5.13. The van der Waals surface area contributed by atoms with Crippen molar-refractivity contribution >= 4 is 17.2 Å². The van der Waals surface area contributed by atoms with E-state index in [1.807, 2.05) is 60.7 Å². The van der Waals surface area contributed by atoms with E-state index in [0.717, 1.165) is 22.3 Å². The fraction of sp³-hybridized carbons (Fsp3) is 0. The van der Waals surface area contributed by atoms with Crippen LogP contribution < -0.4 is 0 Å². The van der Waals surface area contributed by atoms with E-state index in [4.69, 9.17) is 0 Å². The zero-order valence-electron chi connectivity index (χ0n) is 19.0. The van der Waals surface area contributed by atoms with Gasteiger partial charge in [-0.2, -0.15) is 18.2 Å². The molecule has 0 N–H and O–H groups in total. The summed E-state index contributed by atoms with van der Waals surface area (Å²) >= 11 is 0. The minimum atomic E-state index is 0. The normalized spacial score (nSPS) is 11.1. The molecule has 1 heteroatoms. The molecule has 0 aromatic heterocycles. The molecule has 0 atom stereocenters. The summed E-state index contributed by atoms with van der Waals surface area (Å²) < 4.78 is 0. The number of benzene rings is 4. The third kappa shape index (κ3) is 7.58. The van der Waals surface area contributed by atoms with Gasteiger partial charge in [0, 0.05) is 0 Å². The summed E-state index contributed by atoms with van der Waals surface area (Å²) in [6.07, 6.45) is 5.91. The Labute approximate surface area is 222 Å². The Morgan fingerprint density at radius 2 is 1.00 bits per heavy atom. The molecule has 0 nitrogen and oxygen atoms in total. The van der Waals surface area contributed by atoms with Crippen molar-refractivity contribution in [3.05, 3.63) is 180 Å². The van der Waals surface area contributed by atoms with Gasteiger partial charge in [0.1, 0.15) is 0 Å². The predicted octanol–water partition coefficient (Wildman–Crippen LogP) is 8.57. The zero-order valence-corrected chi connectivity index (χ0v) is 21.5. The second kappa shape index (κ2) is 14.0. The molecule has 5 aromatic rings. The van der Waals surface area contributed by atoms with Crippen LogP contribution in [0.15, 0.2) is 152 Å². The molecular weight excluding hydrogens is 488 g/mol. The molecule has 0 spiro atoms. The van der Waals surface area contributed by atoms with Crippen molar-refractivity contribution in [3.8, 4) is 0 Å². The Morgan fingerprint density at radius 1 is 0.529 bits per heavy atom. The van der Waals surface area contributed by atoms with Gasteiger partial charge in [-0.05, 0) is 5.56 Å².